The second-order valence-electron chi connectivity index (χ2n) is 4.68. The number of aromatic nitrogens is 2. The first-order valence-corrected chi connectivity index (χ1v) is 7.57. The maximum Gasteiger partial charge on any atom is 0.251 e. The fraction of sp³-hybridized carbons (Fsp3) is 0.125. The van der Waals surface area contributed by atoms with E-state index in [4.69, 9.17) is 32.4 Å². The summed E-state index contributed by atoms with van der Waals surface area (Å²) < 4.78 is 11.0. The minimum absolute atomic E-state index is 0.375. The lowest BCUT2D eigenvalue weighted by molar-refractivity contribution is 0.413. The minimum atomic E-state index is 0.375. The van der Waals surface area contributed by atoms with Gasteiger partial charge in [-0.3, -0.25) is 0 Å². The van der Waals surface area contributed by atoms with Crippen LogP contribution in [0.4, 0.5) is 5.69 Å². The Bertz CT molecular complexity index is 821. The molecule has 5 nitrogen and oxygen atoms in total. The predicted octanol–water partition coefficient (Wildman–Crippen LogP) is 4.66. The van der Waals surface area contributed by atoms with E-state index in [2.05, 4.69) is 15.5 Å². The van der Waals surface area contributed by atoms with Crippen molar-refractivity contribution in [2.24, 2.45) is 0 Å². The number of methoxy groups -OCH3 is 1. The van der Waals surface area contributed by atoms with Gasteiger partial charge in [-0.05, 0) is 30.3 Å². The maximum atomic E-state index is 5.98. The van der Waals surface area contributed by atoms with Crippen molar-refractivity contribution in [1.82, 2.24) is 10.2 Å². The van der Waals surface area contributed by atoms with Crippen LogP contribution in [0, 0.1) is 0 Å². The smallest absolute Gasteiger partial charge is 0.251 e. The molecule has 0 unspecified atom stereocenters. The molecule has 1 heterocycles. The van der Waals surface area contributed by atoms with Gasteiger partial charge >= 0.3 is 0 Å². The number of hydrogen-bond donors (Lipinski definition) is 1. The van der Waals surface area contributed by atoms with Crippen LogP contribution in [0.1, 0.15) is 5.89 Å². The molecule has 0 aliphatic carbocycles. The standard InChI is InChI=1S/C16H13Cl2N3O2/c1-22-14-5-3-2-4-11(14)16-21-20-15(23-16)9-19-10-6-7-12(17)13(18)8-10/h2-8,19H,9H2,1H3. The van der Waals surface area contributed by atoms with E-state index in [0.717, 1.165) is 11.3 Å². The second kappa shape index (κ2) is 6.89. The van der Waals surface area contributed by atoms with Crippen molar-refractivity contribution in [3.63, 3.8) is 0 Å². The van der Waals surface area contributed by atoms with E-state index in [1.165, 1.54) is 0 Å². The molecule has 2 aromatic carbocycles. The van der Waals surface area contributed by atoms with Crippen molar-refractivity contribution >= 4 is 28.9 Å². The summed E-state index contributed by atoms with van der Waals surface area (Å²) in [7, 11) is 1.60. The molecular formula is C16H13Cl2N3O2. The Morgan fingerprint density at radius 2 is 1.91 bits per heavy atom. The molecule has 0 fully saturated rings. The van der Waals surface area contributed by atoms with Gasteiger partial charge in [-0.1, -0.05) is 35.3 Å². The van der Waals surface area contributed by atoms with Crippen molar-refractivity contribution in [2.45, 2.75) is 6.54 Å². The summed E-state index contributed by atoms with van der Waals surface area (Å²) in [5.74, 6) is 1.55. The number of ether oxygens (including phenoxy) is 1. The summed E-state index contributed by atoms with van der Waals surface area (Å²) in [5.41, 5.74) is 1.57. The van der Waals surface area contributed by atoms with Crippen LogP contribution in [0.25, 0.3) is 11.5 Å². The monoisotopic (exact) mass is 349 g/mol. The van der Waals surface area contributed by atoms with Crippen LogP contribution in [-0.4, -0.2) is 17.3 Å². The first kappa shape index (κ1) is 15.6. The normalized spacial score (nSPS) is 10.6. The molecule has 0 atom stereocenters. The zero-order chi connectivity index (χ0) is 16.2. The van der Waals surface area contributed by atoms with Gasteiger partial charge in [0.25, 0.3) is 5.89 Å². The molecule has 3 aromatic rings. The molecule has 0 bridgehead atoms. The van der Waals surface area contributed by atoms with Crippen LogP contribution >= 0.6 is 23.2 Å². The molecule has 118 valence electrons. The number of hydrogen-bond acceptors (Lipinski definition) is 5. The van der Waals surface area contributed by atoms with E-state index < -0.39 is 0 Å². The Labute approximate surface area is 143 Å². The number of rotatable bonds is 5. The molecule has 0 radical (unpaired) electrons. The van der Waals surface area contributed by atoms with Crippen molar-refractivity contribution < 1.29 is 9.15 Å². The quantitative estimate of drug-likeness (QED) is 0.725. The second-order valence-corrected chi connectivity index (χ2v) is 5.50. The average Bonchev–Trinajstić information content (AvgIpc) is 3.04. The van der Waals surface area contributed by atoms with Crippen LogP contribution in [0.2, 0.25) is 10.0 Å². The number of nitrogens with zero attached hydrogens (tertiary/aromatic N) is 2. The minimum Gasteiger partial charge on any atom is -0.496 e. The lowest BCUT2D eigenvalue weighted by Gasteiger charge is -2.05. The lowest BCUT2D eigenvalue weighted by Crippen LogP contribution is -1.99. The summed E-state index contributed by atoms with van der Waals surface area (Å²) in [6.07, 6.45) is 0. The van der Waals surface area contributed by atoms with Crippen LogP contribution in [0.3, 0.4) is 0 Å². The molecule has 0 spiro atoms. The predicted molar refractivity (Wildman–Crippen MR) is 90.1 cm³/mol. The van der Waals surface area contributed by atoms with E-state index in [9.17, 15) is 0 Å². The van der Waals surface area contributed by atoms with Crippen LogP contribution < -0.4 is 10.1 Å². The highest BCUT2D eigenvalue weighted by atomic mass is 35.5. The van der Waals surface area contributed by atoms with Crippen LogP contribution in [0.5, 0.6) is 5.75 Å². The Kier molecular flexibility index (Phi) is 4.69. The topological polar surface area (TPSA) is 60.2 Å². The highest BCUT2D eigenvalue weighted by molar-refractivity contribution is 6.42. The van der Waals surface area contributed by atoms with Crippen LogP contribution in [-0.2, 0) is 6.54 Å². The summed E-state index contributed by atoms with van der Waals surface area (Å²) in [5, 5.41) is 12.2. The fourth-order valence-electron chi connectivity index (χ4n) is 2.04. The summed E-state index contributed by atoms with van der Waals surface area (Å²) in [6.45, 7) is 0.375. The molecule has 7 heteroatoms. The van der Waals surface area contributed by atoms with Gasteiger partial charge in [0.05, 0.1) is 29.3 Å². The van der Waals surface area contributed by atoms with E-state index in [-0.39, 0.29) is 0 Å². The largest absolute Gasteiger partial charge is 0.496 e. The van der Waals surface area contributed by atoms with E-state index in [1.54, 1.807) is 19.2 Å². The zero-order valence-electron chi connectivity index (χ0n) is 12.2. The van der Waals surface area contributed by atoms with Crippen LogP contribution in [0.15, 0.2) is 46.9 Å². The van der Waals surface area contributed by atoms with Gasteiger partial charge in [0, 0.05) is 5.69 Å². The maximum absolute atomic E-state index is 5.98. The fourth-order valence-corrected chi connectivity index (χ4v) is 2.34. The Morgan fingerprint density at radius 1 is 1.09 bits per heavy atom. The molecule has 0 aliphatic rings. The third-order valence-corrected chi connectivity index (χ3v) is 3.91. The van der Waals surface area contributed by atoms with E-state index in [1.807, 2.05) is 30.3 Å². The number of anilines is 1. The highest BCUT2D eigenvalue weighted by Crippen LogP contribution is 2.29. The van der Waals surface area contributed by atoms with Gasteiger partial charge in [-0.25, -0.2) is 0 Å². The van der Waals surface area contributed by atoms with Crippen molar-refractivity contribution in [3.05, 3.63) is 58.4 Å². The highest BCUT2D eigenvalue weighted by Gasteiger charge is 2.12. The van der Waals surface area contributed by atoms with Crippen molar-refractivity contribution in [3.8, 4) is 17.2 Å². The van der Waals surface area contributed by atoms with Crippen molar-refractivity contribution in [1.29, 1.82) is 0 Å². The molecule has 23 heavy (non-hydrogen) atoms. The molecule has 0 saturated carbocycles. The lowest BCUT2D eigenvalue weighted by atomic mass is 10.2. The third-order valence-electron chi connectivity index (χ3n) is 3.17. The van der Waals surface area contributed by atoms with Gasteiger partial charge in [0.2, 0.25) is 5.89 Å². The van der Waals surface area contributed by atoms with Gasteiger partial charge < -0.3 is 14.5 Å². The van der Waals surface area contributed by atoms with Crippen molar-refractivity contribution in [2.75, 3.05) is 12.4 Å². The third kappa shape index (κ3) is 3.57. The first-order valence-electron chi connectivity index (χ1n) is 6.82. The molecule has 1 N–H and O–H groups in total. The molecular weight excluding hydrogens is 337 g/mol. The first-order chi connectivity index (χ1) is 11.2. The Hall–Kier alpha value is -2.24. The SMILES string of the molecule is COc1ccccc1-c1nnc(CNc2ccc(Cl)c(Cl)c2)o1. The number of halogens is 2. The number of nitrogens with one attached hydrogen (secondary N) is 1. The van der Waals surface area contributed by atoms with Gasteiger partial charge in [0.1, 0.15) is 5.75 Å². The Morgan fingerprint density at radius 3 is 2.70 bits per heavy atom. The molecule has 0 amide bonds. The summed E-state index contributed by atoms with van der Waals surface area (Å²) >= 11 is 11.9. The van der Waals surface area contributed by atoms with E-state index >= 15 is 0 Å². The number of para-hydroxylation sites is 1. The molecule has 1 aromatic heterocycles. The summed E-state index contributed by atoms with van der Waals surface area (Å²) in [4.78, 5) is 0. The van der Waals surface area contributed by atoms with Gasteiger partial charge in [0.15, 0.2) is 0 Å². The summed E-state index contributed by atoms with van der Waals surface area (Å²) in [6, 6.07) is 12.8. The molecule has 0 saturated heterocycles. The molecule has 3 rings (SSSR count). The Balaban J connectivity index is 1.73. The van der Waals surface area contributed by atoms with Gasteiger partial charge in [-0.15, -0.1) is 10.2 Å². The van der Waals surface area contributed by atoms with Gasteiger partial charge in [-0.2, -0.15) is 0 Å². The van der Waals surface area contributed by atoms with E-state index in [0.29, 0.717) is 34.1 Å². The molecule has 0 aliphatic heterocycles. The average molecular weight is 350 g/mol. The zero-order valence-corrected chi connectivity index (χ0v) is 13.7. The number of benzene rings is 2.